The van der Waals surface area contributed by atoms with Gasteiger partial charge in [0.25, 0.3) is 0 Å². The van der Waals surface area contributed by atoms with Crippen LogP contribution in [0.25, 0.3) is 44.1 Å². The summed E-state index contributed by atoms with van der Waals surface area (Å²) < 4.78 is 55.6. The van der Waals surface area contributed by atoms with E-state index in [0.717, 1.165) is 10.8 Å². The maximum Gasteiger partial charge on any atom is 0.227 e. The average Bonchev–Trinajstić information content (AvgIpc) is 3.12. The minimum atomic E-state index is -2.36. The molecule has 0 aliphatic rings. The number of hydrogen-bond donors (Lipinski definition) is 0. The van der Waals surface area contributed by atoms with Gasteiger partial charge in [0, 0.05) is 36.8 Å². The van der Waals surface area contributed by atoms with Gasteiger partial charge in [0.05, 0.1) is 10.9 Å². The predicted molar refractivity (Wildman–Crippen MR) is 110 cm³/mol. The molecule has 0 atom stereocenters. The van der Waals surface area contributed by atoms with E-state index in [0.29, 0.717) is 38.9 Å². The van der Waals surface area contributed by atoms with Crippen LogP contribution in [0.4, 0.5) is 0 Å². The fourth-order valence-corrected chi connectivity index (χ4v) is 3.88. The molecule has 0 unspecified atom stereocenters. The maximum atomic E-state index is 8.19. The summed E-state index contributed by atoms with van der Waals surface area (Å²) in [6.45, 7) is -2.75. The highest BCUT2D eigenvalue weighted by Crippen LogP contribution is 2.40. The van der Waals surface area contributed by atoms with E-state index in [9.17, 15) is 0 Å². The molecule has 0 bridgehead atoms. The summed E-state index contributed by atoms with van der Waals surface area (Å²) in [5.74, 6) is 0. The molecule has 3 heteroatoms. The second-order valence-corrected chi connectivity index (χ2v) is 6.86. The lowest BCUT2D eigenvalue weighted by atomic mass is 9.96. The largest absolute Gasteiger partial charge is 0.437 e. The van der Waals surface area contributed by atoms with Crippen molar-refractivity contribution in [3.05, 3.63) is 71.5 Å². The van der Waals surface area contributed by atoms with E-state index >= 15 is 0 Å². The molecule has 132 valence electrons. The van der Waals surface area contributed by atoms with Crippen LogP contribution in [0.5, 0.6) is 0 Å². The summed E-state index contributed by atoms with van der Waals surface area (Å²) in [6, 6.07) is 12.7. The van der Waals surface area contributed by atoms with Gasteiger partial charge in [-0.3, -0.25) is 0 Å². The first-order valence-corrected chi connectivity index (χ1v) is 8.71. The van der Waals surface area contributed by atoms with Crippen LogP contribution in [-0.4, -0.2) is 4.98 Å². The average molecular weight is 359 g/mol. The van der Waals surface area contributed by atoms with Crippen LogP contribution in [-0.2, 0) is 7.05 Å². The molecular weight excluding hydrogens is 332 g/mol. The van der Waals surface area contributed by atoms with Crippen LogP contribution in [0.15, 0.2) is 59.3 Å². The van der Waals surface area contributed by atoms with E-state index in [2.05, 4.69) is 4.98 Å². The molecule has 0 N–H and O–H groups in total. The third-order valence-electron chi connectivity index (χ3n) is 5.08. The number of nitrogens with zero attached hydrogens (tertiary/aromatic N) is 2. The van der Waals surface area contributed by atoms with E-state index < -0.39 is 13.7 Å². The summed E-state index contributed by atoms with van der Waals surface area (Å²) >= 11 is 0. The predicted octanol–water partition coefficient (Wildman–Crippen LogP) is 5.55. The number of rotatable bonds is 1. The molecule has 27 heavy (non-hydrogen) atoms. The molecule has 3 nitrogen and oxygen atoms in total. The zero-order valence-electron chi connectivity index (χ0n) is 21.0. The second kappa shape index (κ2) is 5.65. The number of hydrogen-bond acceptors (Lipinski definition) is 2. The van der Waals surface area contributed by atoms with Gasteiger partial charge in [-0.2, -0.15) is 0 Å². The highest BCUT2D eigenvalue weighted by Gasteiger charge is 2.23. The fraction of sp³-hybridized carbons (Fsp3) is 0.167. The Bertz CT molecular complexity index is 1560. The van der Waals surface area contributed by atoms with Gasteiger partial charge in [0.15, 0.2) is 11.8 Å². The third-order valence-corrected chi connectivity index (χ3v) is 5.08. The zero-order valence-corrected chi connectivity index (χ0v) is 15.0. The standard InChI is InChI=1S/C24H21N2O/c1-14-9-10-19(26(4)13-14)20-15(2)11-16(3)21-22-18-8-6-5-7-17(18)12-25-24(22)27-23(20)21/h5-13H,1-4H3/q+1/i1D3,3D3. The van der Waals surface area contributed by atoms with Gasteiger partial charge in [0.2, 0.25) is 11.4 Å². The van der Waals surface area contributed by atoms with Crippen LogP contribution in [0.3, 0.4) is 0 Å². The van der Waals surface area contributed by atoms with E-state index in [-0.39, 0.29) is 11.1 Å². The first kappa shape index (κ1) is 10.8. The molecule has 0 amide bonds. The van der Waals surface area contributed by atoms with Crippen molar-refractivity contribution in [3.63, 3.8) is 0 Å². The summed E-state index contributed by atoms with van der Waals surface area (Å²) in [5, 5.41) is 2.93. The summed E-state index contributed by atoms with van der Waals surface area (Å²) in [6.07, 6.45) is 3.29. The molecule has 0 aliphatic heterocycles. The molecule has 0 saturated carbocycles. The Kier molecular flexibility index (Phi) is 2.27. The Morgan fingerprint density at radius 3 is 2.74 bits per heavy atom. The lowest BCUT2D eigenvalue weighted by Crippen LogP contribution is -2.31. The minimum absolute atomic E-state index is 0.206. The molecule has 3 aromatic heterocycles. The topological polar surface area (TPSA) is 29.9 Å². The number of aromatic nitrogens is 2. The number of furan rings is 1. The second-order valence-electron chi connectivity index (χ2n) is 6.86. The Morgan fingerprint density at radius 1 is 1.04 bits per heavy atom. The smallest absolute Gasteiger partial charge is 0.227 e. The first-order valence-electron chi connectivity index (χ1n) is 11.7. The lowest BCUT2D eigenvalue weighted by Gasteiger charge is -2.08. The van der Waals surface area contributed by atoms with Gasteiger partial charge in [-0.15, -0.1) is 0 Å². The van der Waals surface area contributed by atoms with Crippen LogP contribution < -0.4 is 4.57 Å². The van der Waals surface area contributed by atoms with Gasteiger partial charge < -0.3 is 4.42 Å². The van der Waals surface area contributed by atoms with Crippen LogP contribution in [0, 0.1) is 20.6 Å². The van der Waals surface area contributed by atoms with E-state index in [1.165, 1.54) is 0 Å². The summed E-state index contributed by atoms with van der Waals surface area (Å²) in [7, 11) is 1.77. The molecule has 0 radical (unpaired) electrons. The van der Waals surface area contributed by atoms with Gasteiger partial charge in [0.1, 0.15) is 7.05 Å². The number of aryl methyl sites for hydroxylation is 4. The van der Waals surface area contributed by atoms with E-state index in [1.54, 1.807) is 42.2 Å². The third kappa shape index (κ3) is 2.28. The molecule has 5 aromatic rings. The Labute approximate surface area is 166 Å². The molecule has 3 heterocycles. The van der Waals surface area contributed by atoms with Crippen molar-refractivity contribution >= 4 is 32.8 Å². The highest BCUT2D eigenvalue weighted by atomic mass is 16.3. The number of fused-ring (bicyclic) bond motifs is 5. The highest BCUT2D eigenvalue weighted by molar-refractivity contribution is 6.20. The van der Waals surface area contributed by atoms with Gasteiger partial charge >= 0.3 is 0 Å². The quantitative estimate of drug-likeness (QED) is 0.367. The summed E-state index contributed by atoms with van der Waals surface area (Å²) in [4.78, 5) is 4.47. The molecule has 0 aliphatic carbocycles. The Morgan fingerprint density at radius 2 is 1.93 bits per heavy atom. The van der Waals surface area contributed by atoms with Crippen LogP contribution in [0.1, 0.15) is 24.9 Å². The number of pyridine rings is 2. The van der Waals surface area contributed by atoms with E-state index in [4.69, 9.17) is 12.6 Å². The normalized spacial score (nSPS) is 15.9. The molecular formula is C24H21N2O+. The first-order chi connectivity index (χ1) is 15.5. The maximum absolute atomic E-state index is 8.19. The van der Waals surface area contributed by atoms with Gasteiger partial charge in [-0.1, -0.05) is 30.3 Å². The number of benzene rings is 2. The monoisotopic (exact) mass is 359 g/mol. The lowest BCUT2D eigenvalue weighted by molar-refractivity contribution is -0.660. The van der Waals surface area contributed by atoms with E-state index in [1.807, 2.05) is 31.2 Å². The molecule has 5 rings (SSSR count). The fourth-order valence-electron chi connectivity index (χ4n) is 3.88. The summed E-state index contributed by atoms with van der Waals surface area (Å²) in [5.41, 5.74) is 3.36. The van der Waals surface area contributed by atoms with Crippen molar-refractivity contribution in [1.29, 1.82) is 0 Å². The Hall–Kier alpha value is -3.20. The van der Waals surface area contributed by atoms with Crippen LogP contribution >= 0.6 is 0 Å². The molecule has 0 spiro atoms. The molecule has 0 saturated heterocycles. The van der Waals surface area contributed by atoms with Crippen molar-refractivity contribution in [2.24, 2.45) is 7.05 Å². The van der Waals surface area contributed by atoms with Crippen molar-refractivity contribution in [2.75, 3.05) is 0 Å². The van der Waals surface area contributed by atoms with Crippen molar-refractivity contribution in [3.8, 4) is 11.3 Å². The molecule has 0 fully saturated rings. The van der Waals surface area contributed by atoms with Gasteiger partial charge in [-0.05, 0) is 43.2 Å². The minimum Gasteiger partial charge on any atom is -0.437 e. The molecule has 2 aromatic carbocycles. The van der Waals surface area contributed by atoms with Crippen molar-refractivity contribution < 1.29 is 17.2 Å². The van der Waals surface area contributed by atoms with Crippen molar-refractivity contribution in [1.82, 2.24) is 4.98 Å². The van der Waals surface area contributed by atoms with Crippen molar-refractivity contribution in [2.45, 2.75) is 20.6 Å². The Balaban J connectivity index is 1.95. The SMILES string of the molecule is [2H]C([2H])([2H])c1ccc(-c2c(C)cc(C([2H])([2H])[2H])c3c2oc2ncc4ccccc4c23)[n+](C)c1. The zero-order chi connectivity index (χ0) is 23.7. The van der Waals surface area contributed by atoms with Crippen LogP contribution in [0.2, 0.25) is 0 Å². The van der Waals surface area contributed by atoms with Gasteiger partial charge in [-0.25, -0.2) is 9.55 Å².